The van der Waals surface area contributed by atoms with Crippen molar-refractivity contribution in [3.8, 4) is 0 Å². The average Bonchev–Trinajstić information content (AvgIpc) is 2.15. The first kappa shape index (κ1) is 15.3. The van der Waals surface area contributed by atoms with Gasteiger partial charge in [-0.25, -0.2) is 4.79 Å². The minimum absolute atomic E-state index is 0.196. The molecule has 0 aliphatic rings. The zero-order chi connectivity index (χ0) is 12.8. The van der Waals surface area contributed by atoms with Gasteiger partial charge < -0.3 is 9.64 Å². The number of ether oxygens (including phenoxy) is 1. The molecule has 1 unspecified atom stereocenters. The molecule has 0 fully saturated rings. The Balaban J connectivity index is 4.12. The van der Waals surface area contributed by atoms with E-state index in [9.17, 15) is 4.79 Å². The highest BCUT2D eigenvalue weighted by Crippen LogP contribution is 2.12. The first-order valence-electron chi connectivity index (χ1n) is 6.28. The van der Waals surface area contributed by atoms with Crippen LogP contribution >= 0.6 is 0 Å². The van der Waals surface area contributed by atoms with Crippen molar-refractivity contribution < 1.29 is 9.53 Å². The third-order valence-electron chi connectivity index (χ3n) is 2.62. The van der Waals surface area contributed by atoms with Crippen molar-refractivity contribution in [1.29, 1.82) is 0 Å². The second kappa shape index (κ2) is 6.77. The van der Waals surface area contributed by atoms with Crippen LogP contribution in [0.3, 0.4) is 0 Å². The molecule has 0 aliphatic carbocycles. The van der Waals surface area contributed by atoms with Crippen LogP contribution in [0.1, 0.15) is 54.4 Å². The molecule has 0 aromatic carbocycles. The molecule has 3 heteroatoms. The first-order valence-corrected chi connectivity index (χ1v) is 6.28. The van der Waals surface area contributed by atoms with Gasteiger partial charge in [-0.15, -0.1) is 0 Å². The Morgan fingerprint density at radius 1 is 1.31 bits per heavy atom. The topological polar surface area (TPSA) is 29.5 Å². The van der Waals surface area contributed by atoms with Gasteiger partial charge in [0.15, 0.2) is 0 Å². The molecular formula is C13H27NO2. The van der Waals surface area contributed by atoms with Gasteiger partial charge in [-0.3, -0.25) is 0 Å². The van der Waals surface area contributed by atoms with Crippen molar-refractivity contribution in [2.24, 2.45) is 5.92 Å². The van der Waals surface area contributed by atoms with E-state index in [-0.39, 0.29) is 6.09 Å². The van der Waals surface area contributed by atoms with Gasteiger partial charge in [0, 0.05) is 13.1 Å². The van der Waals surface area contributed by atoms with E-state index in [0.29, 0.717) is 12.5 Å². The molecule has 0 saturated heterocycles. The van der Waals surface area contributed by atoms with E-state index in [1.54, 1.807) is 4.90 Å². The third-order valence-corrected chi connectivity index (χ3v) is 2.62. The number of rotatable bonds is 5. The normalized spacial score (nSPS) is 13.4. The molecule has 0 aromatic heterocycles. The van der Waals surface area contributed by atoms with E-state index in [4.69, 9.17) is 4.74 Å². The summed E-state index contributed by atoms with van der Waals surface area (Å²) >= 11 is 0. The van der Waals surface area contributed by atoms with Crippen LogP contribution in [0.5, 0.6) is 0 Å². The predicted octanol–water partition coefficient (Wildman–Crippen LogP) is 3.68. The van der Waals surface area contributed by atoms with Crippen LogP contribution in [-0.4, -0.2) is 29.7 Å². The van der Waals surface area contributed by atoms with Crippen molar-refractivity contribution in [3.05, 3.63) is 0 Å². The fourth-order valence-corrected chi connectivity index (χ4v) is 1.29. The summed E-state index contributed by atoms with van der Waals surface area (Å²) in [5, 5.41) is 0. The molecule has 0 saturated carbocycles. The van der Waals surface area contributed by atoms with E-state index < -0.39 is 5.60 Å². The quantitative estimate of drug-likeness (QED) is 0.719. The lowest BCUT2D eigenvalue weighted by atomic mass is 10.1. The number of amides is 1. The summed E-state index contributed by atoms with van der Waals surface area (Å²) < 4.78 is 5.34. The Kier molecular flexibility index (Phi) is 6.46. The Hall–Kier alpha value is -0.730. The Morgan fingerprint density at radius 2 is 1.88 bits per heavy atom. The second-order valence-electron chi connectivity index (χ2n) is 5.36. The molecule has 0 spiro atoms. The van der Waals surface area contributed by atoms with E-state index >= 15 is 0 Å². The maximum absolute atomic E-state index is 11.8. The van der Waals surface area contributed by atoms with Crippen molar-refractivity contribution in [2.75, 3.05) is 13.1 Å². The van der Waals surface area contributed by atoms with E-state index in [2.05, 4.69) is 13.8 Å². The minimum Gasteiger partial charge on any atom is -0.444 e. The summed E-state index contributed by atoms with van der Waals surface area (Å²) in [6.07, 6.45) is 2.01. The molecule has 96 valence electrons. The van der Waals surface area contributed by atoms with Gasteiger partial charge in [-0.05, 0) is 40.0 Å². The highest BCUT2D eigenvalue weighted by Gasteiger charge is 2.20. The molecule has 0 aliphatic heterocycles. The molecule has 0 heterocycles. The molecule has 3 nitrogen and oxygen atoms in total. The van der Waals surface area contributed by atoms with Crippen LogP contribution < -0.4 is 0 Å². The molecule has 0 aromatic rings. The van der Waals surface area contributed by atoms with Gasteiger partial charge in [-0.2, -0.15) is 0 Å². The lowest BCUT2D eigenvalue weighted by molar-refractivity contribution is 0.0251. The van der Waals surface area contributed by atoms with Gasteiger partial charge in [0.1, 0.15) is 5.60 Å². The lowest BCUT2D eigenvalue weighted by Gasteiger charge is -2.27. The summed E-state index contributed by atoms with van der Waals surface area (Å²) in [5.74, 6) is 0.663. The summed E-state index contributed by atoms with van der Waals surface area (Å²) in [6.45, 7) is 13.6. The van der Waals surface area contributed by atoms with Crippen LogP contribution in [0, 0.1) is 5.92 Å². The van der Waals surface area contributed by atoms with Crippen LogP contribution in [0.4, 0.5) is 4.79 Å². The SMILES string of the molecule is CCC(C)CCN(CC)C(=O)OC(C)(C)C. The van der Waals surface area contributed by atoms with Gasteiger partial charge in [0.05, 0.1) is 0 Å². The fraction of sp³-hybridized carbons (Fsp3) is 0.923. The lowest BCUT2D eigenvalue weighted by Crippen LogP contribution is -2.37. The molecule has 0 N–H and O–H groups in total. The largest absolute Gasteiger partial charge is 0.444 e. The first-order chi connectivity index (χ1) is 7.30. The van der Waals surface area contributed by atoms with E-state index in [1.165, 1.54) is 0 Å². The van der Waals surface area contributed by atoms with E-state index in [0.717, 1.165) is 19.4 Å². The van der Waals surface area contributed by atoms with E-state index in [1.807, 2.05) is 27.7 Å². The molecule has 1 amide bonds. The molecule has 1 atom stereocenters. The Bertz CT molecular complexity index is 208. The van der Waals surface area contributed by atoms with Gasteiger partial charge >= 0.3 is 6.09 Å². The number of carbonyl (C=O) groups excluding carboxylic acids is 1. The zero-order valence-electron chi connectivity index (χ0n) is 11.7. The van der Waals surface area contributed by atoms with Gasteiger partial charge in [-0.1, -0.05) is 20.3 Å². The molecular weight excluding hydrogens is 202 g/mol. The summed E-state index contributed by atoms with van der Waals surface area (Å²) in [7, 11) is 0. The van der Waals surface area contributed by atoms with Crippen LogP contribution in [-0.2, 0) is 4.74 Å². The molecule has 0 bridgehead atoms. The second-order valence-corrected chi connectivity index (χ2v) is 5.36. The third kappa shape index (κ3) is 6.70. The average molecular weight is 229 g/mol. The number of hydrogen-bond donors (Lipinski definition) is 0. The number of carbonyl (C=O) groups is 1. The van der Waals surface area contributed by atoms with Crippen molar-refractivity contribution >= 4 is 6.09 Å². The van der Waals surface area contributed by atoms with Gasteiger partial charge in [0.25, 0.3) is 0 Å². The van der Waals surface area contributed by atoms with Crippen LogP contribution in [0.2, 0.25) is 0 Å². The summed E-state index contributed by atoms with van der Waals surface area (Å²) in [4.78, 5) is 13.6. The van der Waals surface area contributed by atoms with Crippen molar-refractivity contribution in [3.63, 3.8) is 0 Å². The smallest absolute Gasteiger partial charge is 0.410 e. The number of nitrogens with zero attached hydrogens (tertiary/aromatic N) is 1. The number of hydrogen-bond acceptors (Lipinski definition) is 2. The van der Waals surface area contributed by atoms with Gasteiger partial charge in [0.2, 0.25) is 0 Å². The summed E-state index contributed by atoms with van der Waals surface area (Å²) in [6, 6.07) is 0. The van der Waals surface area contributed by atoms with Crippen LogP contribution in [0.25, 0.3) is 0 Å². The standard InChI is InChI=1S/C13H27NO2/c1-7-11(3)9-10-14(8-2)12(15)16-13(4,5)6/h11H,7-10H2,1-6H3. The molecule has 0 radical (unpaired) electrons. The summed E-state index contributed by atoms with van der Waals surface area (Å²) in [5.41, 5.74) is -0.402. The maximum atomic E-state index is 11.8. The predicted molar refractivity (Wildman–Crippen MR) is 67.6 cm³/mol. The molecule has 16 heavy (non-hydrogen) atoms. The van der Waals surface area contributed by atoms with Crippen molar-refractivity contribution in [1.82, 2.24) is 4.90 Å². The Morgan fingerprint density at radius 3 is 2.25 bits per heavy atom. The van der Waals surface area contributed by atoms with Crippen molar-refractivity contribution in [2.45, 2.75) is 60.0 Å². The monoisotopic (exact) mass is 229 g/mol. The highest BCUT2D eigenvalue weighted by molar-refractivity contribution is 5.68. The highest BCUT2D eigenvalue weighted by atomic mass is 16.6. The molecule has 0 rings (SSSR count). The van der Waals surface area contributed by atoms with Crippen LogP contribution in [0.15, 0.2) is 0 Å². The minimum atomic E-state index is -0.402. The zero-order valence-corrected chi connectivity index (χ0v) is 11.7. The fourth-order valence-electron chi connectivity index (χ4n) is 1.29. The maximum Gasteiger partial charge on any atom is 0.410 e. The Labute approximate surface area is 100 Å².